The SMILES string of the molecule is O=C(O)C1NC[CH-]C2CCCC21.[Re].[Y].[Y].[Y]. The van der Waals surface area contributed by atoms with Gasteiger partial charge in [-0.15, -0.1) is 6.54 Å². The van der Waals surface area contributed by atoms with E-state index in [1.165, 1.54) is 12.8 Å². The zero-order chi connectivity index (χ0) is 8.55. The van der Waals surface area contributed by atoms with Crippen LogP contribution in [0.5, 0.6) is 0 Å². The largest absolute Gasteiger partial charge is 0.480 e. The van der Waals surface area contributed by atoms with E-state index in [0.717, 1.165) is 13.0 Å². The zero-order valence-corrected chi connectivity index (χ0v) is 20.3. The van der Waals surface area contributed by atoms with Gasteiger partial charge in [-0.1, -0.05) is 19.3 Å². The Labute approximate surface area is 186 Å². The maximum Gasteiger partial charge on any atom is 0.320 e. The van der Waals surface area contributed by atoms with E-state index in [-0.39, 0.29) is 125 Å². The van der Waals surface area contributed by atoms with E-state index in [9.17, 15) is 4.79 Å². The number of rotatable bonds is 1. The van der Waals surface area contributed by atoms with Crippen molar-refractivity contribution in [3.05, 3.63) is 6.42 Å². The standard InChI is InChI=1S/C9H14NO2.Re.3Y/c11-9(12)8-7-3-1-2-6(7)4-5-10-8;;;;/h4,6-8,10H,1-3,5H2,(H,11,12);;;;/q-1;;;;. The number of carboxylic acid groups (broad SMARTS) is 1. The number of carbonyl (C=O) groups is 1. The Hall–Kier alpha value is 3.40. The molecule has 1 aliphatic carbocycles. The van der Waals surface area contributed by atoms with Crippen molar-refractivity contribution in [2.75, 3.05) is 6.54 Å². The van der Waals surface area contributed by atoms with E-state index in [1.807, 2.05) is 0 Å². The van der Waals surface area contributed by atoms with Crippen LogP contribution in [0, 0.1) is 18.3 Å². The van der Waals surface area contributed by atoms with Gasteiger partial charge in [0.25, 0.3) is 0 Å². The molecule has 2 aliphatic rings. The number of hydrogen-bond donors (Lipinski definition) is 2. The van der Waals surface area contributed by atoms with Crippen LogP contribution in [0.2, 0.25) is 0 Å². The van der Waals surface area contributed by atoms with Gasteiger partial charge in [-0.05, 0) is 5.92 Å². The smallest absolute Gasteiger partial charge is 0.320 e. The molecule has 0 aromatic carbocycles. The van der Waals surface area contributed by atoms with Gasteiger partial charge in [-0.25, -0.2) is 0 Å². The molecule has 16 heavy (non-hydrogen) atoms. The van der Waals surface area contributed by atoms with Crippen molar-refractivity contribution >= 4 is 5.97 Å². The van der Waals surface area contributed by atoms with Gasteiger partial charge in [0.1, 0.15) is 6.04 Å². The van der Waals surface area contributed by atoms with Crippen molar-refractivity contribution in [3.63, 3.8) is 0 Å². The number of carboxylic acids is 1. The van der Waals surface area contributed by atoms with E-state index < -0.39 is 5.97 Å². The molecule has 1 aliphatic heterocycles. The van der Waals surface area contributed by atoms with Gasteiger partial charge < -0.3 is 16.8 Å². The first kappa shape index (κ1) is 24.4. The van der Waals surface area contributed by atoms with Crippen molar-refractivity contribution in [2.45, 2.75) is 25.3 Å². The predicted molar refractivity (Wildman–Crippen MR) is 44.6 cm³/mol. The molecule has 7 heteroatoms. The Kier molecular flexibility index (Phi) is 18.6. The van der Waals surface area contributed by atoms with Crippen LogP contribution in [-0.2, 0) is 123 Å². The summed E-state index contributed by atoms with van der Waals surface area (Å²) in [6.45, 7) is 0.762. The maximum atomic E-state index is 10.8. The van der Waals surface area contributed by atoms with Crippen LogP contribution >= 0.6 is 0 Å². The summed E-state index contributed by atoms with van der Waals surface area (Å²) in [5, 5.41) is 11.9. The van der Waals surface area contributed by atoms with Crippen LogP contribution in [-0.4, -0.2) is 23.7 Å². The van der Waals surface area contributed by atoms with Crippen LogP contribution in [0.25, 0.3) is 0 Å². The Morgan fingerprint density at radius 2 is 1.88 bits per heavy atom. The summed E-state index contributed by atoms with van der Waals surface area (Å²) < 4.78 is 0. The Bertz CT molecular complexity index is 209. The molecule has 0 aromatic rings. The number of hydrogen-bond acceptors (Lipinski definition) is 2. The molecule has 2 N–H and O–H groups in total. The molecule has 0 bridgehead atoms. The number of fused-ring (bicyclic) bond motifs is 1. The number of aliphatic carboxylic acids is 1. The number of piperidine rings is 1. The molecule has 1 saturated heterocycles. The third-order valence-electron chi connectivity index (χ3n) is 3.08. The summed E-state index contributed by atoms with van der Waals surface area (Å²) in [6, 6.07) is -0.289. The monoisotopic (exact) mass is 622 g/mol. The predicted octanol–water partition coefficient (Wildman–Crippen LogP) is 0.653. The normalized spacial score (nSPS) is 30.6. The molecule has 0 aromatic heterocycles. The third kappa shape index (κ3) is 6.24. The molecule has 1 heterocycles. The molecule has 2 fully saturated rings. The Balaban J connectivity index is -0.000000422. The minimum atomic E-state index is -0.681. The average molecular weight is 621 g/mol. The van der Waals surface area contributed by atoms with E-state index >= 15 is 0 Å². The summed E-state index contributed by atoms with van der Waals surface area (Å²) in [4.78, 5) is 10.8. The van der Waals surface area contributed by atoms with Crippen molar-refractivity contribution in [1.82, 2.24) is 5.32 Å². The van der Waals surface area contributed by atoms with Gasteiger partial charge in [0.05, 0.1) is 0 Å². The fraction of sp³-hybridized carbons (Fsp3) is 0.778. The quantitative estimate of drug-likeness (QED) is 0.424. The van der Waals surface area contributed by atoms with Gasteiger partial charge in [-0.3, -0.25) is 4.79 Å². The van der Waals surface area contributed by atoms with E-state index in [1.54, 1.807) is 0 Å². The number of nitrogens with one attached hydrogen (secondary N) is 1. The van der Waals surface area contributed by atoms with E-state index in [2.05, 4.69) is 11.7 Å². The summed E-state index contributed by atoms with van der Waals surface area (Å²) in [5.74, 6) is 0.239. The van der Waals surface area contributed by atoms with Gasteiger partial charge in [0.15, 0.2) is 0 Å². The molecule has 0 amide bonds. The fourth-order valence-corrected chi connectivity index (χ4v) is 2.49. The summed E-state index contributed by atoms with van der Waals surface area (Å²) in [7, 11) is 0. The maximum absolute atomic E-state index is 10.8. The second-order valence-electron chi connectivity index (χ2n) is 3.72. The second kappa shape index (κ2) is 12.2. The van der Waals surface area contributed by atoms with Gasteiger partial charge in [0.2, 0.25) is 0 Å². The van der Waals surface area contributed by atoms with Crippen LogP contribution in [0.3, 0.4) is 0 Å². The minimum Gasteiger partial charge on any atom is -0.480 e. The molecular weight excluding hydrogens is 607 g/mol. The molecule has 1 saturated carbocycles. The first-order valence-corrected chi connectivity index (χ1v) is 4.58. The molecule has 3 atom stereocenters. The first-order valence-electron chi connectivity index (χ1n) is 4.58. The first-order chi connectivity index (χ1) is 5.79. The van der Waals surface area contributed by atoms with Crippen LogP contribution < -0.4 is 5.32 Å². The third-order valence-corrected chi connectivity index (χ3v) is 3.08. The summed E-state index contributed by atoms with van der Waals surface area (Å²) in [5.41, 5.74) is 0. The fourth-order valence-electron chi connectivity index (χ4n) is 2.49. The van der Waals surface area contributed by atoms with Crippen molar-refractivity contribution in [2.24, 2.45) is 11.8 Å². The topological polar surface area (TPSA) is 49.3 Å². The average Bonchev–Trinajstić information content (AvgIpc) is 2.49. The van der Waals surface area contributed by atoms with Crippen molar-refractivity contribution in [1.29, 1.82) is 0 Å². The molecule has 0 spiro atoms. The zero-order valence-electron chi connectivity index (χ0n) is 9.10. The Morgan fingerprint density at radius 3 is 2.44 bits per heavy atom. The van der Waals surface area contributed by atoms with Crippen LogP contribution in [0.15, 0.2) is 0 Å². The van der Waals surface area contributed by atoms with E-state index in [0.29, 0.717) is 11.8 Å². The summed E-state index contributed by atoms with van der Waals surface area (Å²) in [6.07, 6.45) is 5.69. The molecule has 3 nitrogen and oxygen atoms in total. The van der Waals surface area contributed by atoms with Crippen LogP contribution in [0.4, 0.5) is 0 Å². The minimum absolute atomic E-state index is 0. The van der Waals surface area contributed by atoms with Crippen molar-refractivity contribution < 1.29 is 128 Å². The Morgan fingerprint density at radius 1 is 1.25 bits per heavy atom. The molecule has 3 unspecified atom stereocenters. The van der Waals surface area contributed by atoms with Gasteiger partial charge >= 0.3 is 5.97 Å². The van der Waals surface area contributed by atoms with Gasteiger partial charge in [-0.2, -0.15) is 5.92 Å². The molecular formula is C9H14NO2ReY3-. The molecule has 2 rings (SSSR count). The summed E-state index contributed by atoms with van der Waals surface area (Å²) >= 11 is 0. The molecule has 4 radical (unpaired) electrons. The molecule has 84 valence electrons. The van der Waals surface area contributed by atoms with Crippen molar-refractivity contribution in [3.8, 4) is 0 Å². The second-order valence-corrected chi connectivity index (χ2v) is 3.72. The van der Waals surface area contributed by atoms with E-state index in [4.69, 9.17) is 5.11 Å². The van der Waals surface area contributed by atoms with Gasteiger partial charge in [0, 0.05) is 119 Å². The van der Waals surface area contributed by atoms with Crippen LogP contribution in [0.1, 0.15) is 19.3 Å².